The Bertz CT molecular complexity index is 1310. The zero-order valence-electron chi connectivity index (χ0n) is 19.7. The molecule has 1 heterocycles. The van der Waals surface area contributed by atoms with Crippen LogP contribution >= 0.6 is 0 Å². The van der Waals surface area contributed by atoms with E-state index < -0.39 is 29.6 Å². The molecule has 1 aliphatic rings. The molecule has 1 atom stereocenters. The fourth-order valence-electron chi connectivity index (χ4n) is 4.06. The van der Waals surface area contributed by atoms with Crippen molar-refractivity contribution in [3.63, 3.8) is 0 Å². The van der Waals surface area contributed by atoms with E-state index >= 15 is 0 Å². The number of benzene rings is 3. The van der Waals surface area contributed by atoms with Gasteiger partial charge in [-0.3, -0.25) is 19.2 Å². The molecule has 0 spiro atoms. The molecule has 4 rings (SSSR count). The molecule has 3 aromatic rings. The van der Waals surface area contributed by atoms with Gasteiger partial charge in [-0.15, -0.1) is 0 Å². The van der Waals surface area contributed by atoms with E-state index in [-0.39, 0.29) is 24.4 Å². The number of nitrogens with zero attached hydrogens (tertiary/aromatic N) is 2. The molecular weight excluding hydrogens is 465 g/mol. The van der Waals surface area contributed by atoms with Crippen LogP contribution in [0.15, 0.2) is 72.8 Å². The number of rotatable bonds is 7. The summed E-state index contributed by atoms with van der Waals surface area (Å²) in [5.41, 5.74) is 1.74. The maximum atomic E-state index is 13.6. The predicted molar refractivity (Wildman–Crippen MR) is 131 cm³/mol. The molecule has 1 N–H and O–H groups in total. The normalized spacial score (nSPS) is 15.1. The summed E-state index contributed by atoms with van der Waals surface area (Å²) in [5, 5.41) is 2.63. The van der Waals surface area contributed by atoms with E-state index in [1.54, 1.807) is 48.5 Å². The second-order valence-electron chi connectivity index (χ2n) is 8.31. The number of hydrogen-bond donors (Lipinski definition) is 1. The van der Waals surface area contributed by atoms with Crippen LogP contribution in [-0.2, 0) is 20.9 Å². The van der Waals surface area contributed by atoms with E-state index in [4.69, 9.17) is 4.74 Å². The minimum absolute atomic E-state index is 0.00464. The lowest BCUT2D eigenvalue weighted by molar-refractivity contribution is -0.122. The lowest BCUT2D eigenvalue weighted by Crippen LogP contribution is -2.45. The van der Waals surface area contributed by atoms with Crippen molar-refractivity contribution >= 4 is 35.0 Å². The smallest absolute Gasteiger partial charge is 0.257 e. The van der Waals surface area contributed by atoms with E-state index in [0.29, 0.717) is 22.7 Å². The van der Waals surface area contributed by atoms with Crippen LogP contribution in [0.4, 0.5) is 15.8 Å². The molecule has 1 unspecified atom stereocenters. The summed E-state index contributed by atoms with van der Waals surface area (Å²) in [6.07, 6.45) is -0.205. The second kappa shape index (κ2) is 10.4. The summed E-state index contributed by atoms with van der Waals surface area (Å²) in [6.45, 7) is 1.37. The van der Waals surface area contributed by atoms with Gasteiger partial charge in [-0.2, -0.15) is 0 Å². The Morgan fingerprint density at radius 2 is 1.75 bits per heavy atom. The molecule has 0 bridgehead atoms. The number of methoxy groups -OCH3 is 1. The molecule has 0 radical (unpaired) electrons. The Hall–Kier alpha value is -4.53. The number of nitrogens with one attached hydrogen (secondary N) is 1. The summed E-state index contributed by atoms with van der Waals surface area (Å²) >= 11 is 0. The summed E-state index contributed by atoms with van der Waals surface area (Å²) in [7, 11) is 1.48. The minimum Gasteiger partial charge on any atom is -0.497 e. The molecule has 0 saturated carbocycles. The molecule has 184 valence electrons. The maximum Gasteiger partial charge on any atom is 0.257 e. The van der Waals surface area contributed by atoms with Crippen molar-refractivity contribution in [3.05, 3.63) is 89.7 Å². The van der Waals surface area contributed by atoms with Gasteiger partial charge < -0.3 is 15.0 Å². The Morgan fingerprint density at radius 3 is 2.39 bits per heavy atom. The van der Waals surface area contributed by atoms with Crippen molar-refractivity contribution in [2.75, 3.05) is 17.3 Å². The zero-order chi connectivity index (χ0) is 25.8. The van der Waals surface area contributed by atoms with E-state index in [2.05, 4.69) is 5.32 Å². The van der Waals surface area contributed by atoms with Crippen LogP contribution in [0.3, 0.4) is 0 Å². The number of hydrogen-bond acceptors (Lipinski definition) is 5. The summed E-state index contributed by atoms with van der Waals surface area (Å²) in [6, 6.07) is 17.3. The predicted octanol–water partition coefficient (Wildman–Crippen LogP) is 3.77. The van der Waals surface area contributed by atoms with Crippen LogP contribution in [0.5, 0.6) is 5.75 Å². The molecule has 36 heavy (non-hydrogen) atoms. The van der Waals surface area contributed by atoms with Gasteiger partial charge >= 0.3 is 0 Å². The third kappa shape index (κ3) is 5.25. The van der Waals surface area contributed by atoms with Gasteiger partial charge in [0.25, 0.3) is 11.8 Å². The van der Waals surface area contributed by atoms with Crippen LogP contribution < -0.4 is 15.0 Å². The summed E-state index contributed by atoms with van der Waals surface area (Å²) in [5.74, 6) is -1.68. The lowest BCUT2D eigenvalue weighted by Gasteiger charge is -2.28. The number of imide groups is 1. The average Bonchev–Trinajstić information content (AvgIpc) is 3.16. The fourth-order valence-corrected chi connectivity index (χ4v) is 4.06. The highest BCUT2D eigenvalue weighted by Crippen LogP contribution is 2.29. The van der Waals surface area contributed by atoms with Gasteiger partial charge in [-0.1, -0.05) is 18.2 Å². The van der Waals surface area contributed by atoms with Crippen molar-refractivity contribution in [1.29, 1.82) is 0 Å². The highest BCUT2D eigenvalue weighted by Gasteiger charge is 2.44. The number of halogens is 1. The molecule has 1 aliphatic heterocycles. The van der Waals surface area contributed by atoms with E-state index in [9.17, 15) is 23.6 Å². The molecule has 0 aliphatic carbocycles. The molecule has 1 fully saturated rings. The maximum absolute atomic E-state index is 13.6. The number of carbonyl (C=O) groups is 4. The van der Waals surface area contributed by atoms with E-state index in [0.717, 1.165) is 4.90 Å². The SMILES string of the molecule is COc1cccc(C(=O)N(Cc2ccc(F)cc2)C2CC(=O)N(c3ccc(NC(C)=O)cc3)C2=O)c1. The number of carbonyl (C=O) groups excluding carboxylic acids is 4. The van der Waals surface area contributed by atoms with Gasteiger partial charge in [-0.05, 0) is 60.2 Å². The van der Waals surface area contributed by atoms with Crippen LogP contribution in [0.2, 0.25) is 0 Å². The fraction of sp³-hybridized carbons (Fsp3) is 0.185. The van der Waals surface area contributed by atoms with Crippen molar-refractivity contribution < 1.29 is 28.3 Å². The summed E-state index contributed by atoms with van der Waals surface area (Å²) in [4.78, 5) is 53.7. The zero-order valence-corrected chi connectivity index (χ0v) is 19.7. The van der Waals surface area contributed by atoms with Crippen LogP contribution in [0.1, 0.15) is 29.3 Å². The van der Waals surface area contributed by atoms with Crippen LogP contribution in [-0.4, -0.2) is 41.7 Å². The van der Waals surface area contributed by atoms with Crippen LogP contribution in [0, 0.1) is 5.82 Å². The quantitative estimate of drug-likeness (QED) is 0.510. The first-order valence-electron chi connectivity index (χ1n) is 11.2. The number of ether oxygens (including phenoxy) is 1. The van der Waals surface area contributed by atoms with Gasteiger partial charge in [-0.25, -0.2) is 9.29 Å². The molecular formula is C27H24FN3O5. The molecule has 4 amide bonds. The van der Waals surface area contributed by atoms with Gasteiger partial charge in [0.2, 0.25) is 11.8 Å². The Kier molecular flexibility index (Phi) is 7.10. The molecule has 1 saturated heterocycles. The standard InChI is InChI=1S/C27H24FN3O5/c1-17(32)29-21-10-12-22(13-11-21)31-25(33)15-24(27(31)35)30(16-18-6-8-20(28)9-7-18)26(34)19-4-3-5-23(14-19)36-2/h3-14,24H,15-16H2,1-2H3,(H,29,32). The third-order valence-electron chi connectivity index (χ3n) is 5.79. The van der Waals surface area contributed by atoms with E-state index in [1.807, 2.05) is 0 Å². The largest absolute Gasteiger partial charge is 0.497 e. The Morgan fingerprint density at radius 1 is 1.06 bits per heavy atom. The van der Waals surface area contributed by atoms with Gasteiger partial charge in [0.1, 0.15) is 17.6 Å². The highest BCUT2D eigenvalue weighted by molar-refractivity contribution is 6.23. The Labute approximate surface area is 207 Å². The summed E-state index contributed by atoms with van der Waals surface area (Å²) < 4.78 is 18.7. The lowest BCUT2D eigenvalue weighted by atomic mass is 10.1. The third-order valence-corrected chi connectivity index (χ3v) is 5.79. The Balaban J connectivity index is 1.65. The van der Waals surface area contributed by atoms with Crippen molar-refractivity contribution in [3.8, 4) is 5.75 Å². The number of amides is 4. The van der Waals surface area contributed by atoms with E-state index in [1.165, 1.54) is 43.2 Å². The average molecular weight is 490 g/mol. The minimum atomic E-state index is -1.06. The first-order valence-corrected chi connectivity index (χ1v) is 11.2. The van der Waals surface area contributed by atoms with Crippen LogP contribution in [0.25, 0.3) is 0 Å². The van der Waals surface area contributed by atoms with Gasteiger partial charge in [0.05, 0.1) is 19.2 Å². The number of anilines is 2. The monoisotopic (exact) mass is 489 g/mol. The topological polar surface area (TPSA) is 96.0 Å². The molecule has 8 nitrogen and oxygen atoms in total. The van der Waals surface area contributed by atoms with Gasteiger partial charge in [0.15, 0.2) is 0 Å². The second-order valence-corrected chi connectivity index (χ2v) is 8.31. The molecule has 0 aromatic heterocycles. The van der Waals surface area contributed by atoms with Crippen molar-refractivity contribution in [2.24, 2.45) is 0 Å². The molecule has 3 aromatic carbocycles. The first-order chi connectivity index (χ1) is 17.3. The molecule has 9 heteroatoms. The van der Waals surface area contributed by atoms with Gasteiger partial charge in [0, 0.05) is 24.7 Å². The van der Waals surface area contributed by atoms with Crippen molar-refractivity contribution in [2.45, 2.75) is 25.9 Å². The first kappa shape index (κ1) is 24.6. The van der Waals surface area contributed by atoms with Crippen molar-refractivity contribution in [1.82, 2.24) is 4.90 Å². The highest BCUT2D eigenvalue weighted by atomic mass is 19.1.